The van der Waals surface area contributed by atoms with Crippen LogP contribution in [0.5, 0.6) is 0 Å². The fourth-order valence-electron chi connectivity index (χ4n) is 1.93. The molecule has 0 amide bonds. The van der Waals surface area contributed by atoms with Gasteiger partial charge in [-0.3, -0.25) is 0 Å². The van der Waals surface area contributed by atoms with Crippen LogP contribution in [0.25, 0.3) is 0 Å². The monoisotopic (exact) mass is 280 g/mol. The molecule has 0 saturated heterocycles. The first kappa shape index (κ1) is 13.7. The van der Waals surface area contributed by atoms with Crippen LogP contribution < -0.4 is 0 Å². The number of rotatable bonds is 6. The third-order valence-corrected chi connectivity index (χ3v) is 4.05. The lowest BCUT2D eigenvalue weighted by Crippen LogP contribution is -2.28. The summed E-state index contributed by atoms with van der Waals surface area (Å²) in [6.07, 6.45) is 1.32. The number of nitrogens with zero attached hydrogens (tertiary/aromatic N) is 4. The number of carbonyl (C=O) groups is 1. The molecule has 0 aromatic carbocycles. The second-order valence-electron chi connectivity index (χ2n) is 4.46. The highest BCUT2D eigenvalue weighted by atomic mass is 32.1. The molecule has 0 aliphatic heterocycles. The summed E-state index contributed by atoms with van der Waals surface area (Å²) in [6.45, 7) is 3.86. The zero-order chi connectivity index (χ0) is 13.8. The molecule has 0 aliphatic carbocycles. The van der Waals surface area contributed by atoms with E-state index in [2.05, 4.69) is 15.5 Å². The maximum absolute atomic E-state index is 11.4. The van der Waals surface area contributed by atoms with Crippen molar-refractivity contribution < 1.29 is 9.90 Å². The van der Waals surface area contributed by atoms with Crippen molar-refractivity contribution in [1.29, 1.82) is 0 Å². The van der Waals surface area contributed by atoms with Crippen LogP contribution in [0.2, 0.25) is 0 Å². The lowest BCUT2D eigenvalue weighted by Gasteiger charge is -2.19. The Kier molecular flexibility index (Phi) is 4.26. The topological polar surface area (TPSA) is 80.9 Å². The quantitative estimate of drug-likeness (QED) is 0.875. The lowest BCUT2D eigenvalue weighted by molar-refractivity contribution is -0.143. The number of carboxylic acids is 1. The number of hydrogen-bond acceptors (Lipinski definition) is 5. The van der Waals surface area contributed by atoms with Crippen LogP contribution in [0, 0.1) is 5.92 Å². The van der Waals surface area contributed by atoms with E-state index < -0.39 is 12.0 Å². The summed E-state index contributed by atoms with van der Waals surface area (Å²) in [6, 6.07) is 3.23. The van der Waals surface area contributed by atoms with E-state index in [1.807, 2.05) is 31.4 Å². The van der Waals surface area contributed by atoms with Crippen LogP contribution in [-0.4, -0.2) is 31.3 Å². The molecule has 0 fully saturated rings. The molecule has 2 heterocycles. The number of carboxylic acid groups (broad SMARTS) is 1. The number of tetrazole rings is 1. The molecule has 19 heavy (non-hydrogen) atoms. The van der Waals surface area contributed by atoms with Crippen molar-refractivity contribution in [3.63, 3.8) is 0 Å². The van der Waals surface area contributed by atoms with E-state index in [0.29, 0.717) is 12.2 Å². The van der Waals surface area contributed by atoms with Crippen LogP contribution in [0.1, 0.15) is 37.0 Å². The second-order valence-corrected chi connectivity index (χ2v) is 5.50. The van der Waals surface area contributed by atoms with Crippen LogP contribution in [0.3, 0.4) is 0 Å². The van der Waals surface area contributed by atoms with Crippen molar-refractivity contribution in [2.45, 2.75) is 32.7 Å². The highest BCUT2D eigenvalue weighted by Gasteiger charge is 2.29. The Morgan fingerprint density at radius 3 is 2.95 bits per heavy atom. The van der Waals surface area contributed by atoms with Crippen molar-refractivity contribution in [3.05, 3.63) is 28.2 Å². The SMILES string of the molecule is CCC(C)C(C(=O)O)n1nnnc1Cc1cccs1. The fraction of sp³-hybridized carbons (Fsp3) is 0.500. The van der Waals surface area contributed by atoms with Gasteiger partial charge < -0.3 is 5.11 Å². The van der Waals surface area contributed by atoms with Crippen LogP contribution in [0.4, 0.5) is 0 Å². The van der Waals surface area contributed by atoms with Crippen LogP contribution >= 0.6 is 11.3 Å². The third-order valence-electron chi connectivity index (χ3n) is 3.17. The summed E-state index contributed by atoms with van der Waals surface area (Å²) < 4.78 is 1.44. The summed E-state index contributed by atoms with van der Waals surface area (Å²) >= 11 is 1.61. The minimum atomic E-state index is -0.894. The summed E-state index contributed by atoms with van der Waals surface area (Å²) in [7, 11) is 0. The maximum Gasteiger partial charge on any atom is 0.328 e. The zero-order valence-corrected chi connectivity index (χ0v) is 11.7. The molecule has 2 rings (SSSR count). The molecular formula is C12H16N4O2S. The molecule has 0 aliphatic rings. The van der Waals surface area contributed by atoms with Gasteiger partial charge in [0.05, 0.1) is 0 Å². The molecule has 6 nitrogen and oxygen atoms in total. The number of aliphatic carboxylic acids is 1. The van der Waals surface area contributed by atoms with Gasteiger partial charge in [0.1, 0.15) is 0 Å². The predicted molar refractivity (Wildman–Crippen MR) is 71.1 cm³/mol. The first-order valence-corrected chi connectivity index (χ1v) is 7.03. The largest absolute Gasteiger partial charge is 0.480 e. The van der Waals surface area contributed by atoms with Gasteiger partial charge in [0.25, 0.3) is 0 Å². The van der Waals surface area contributed by atoms with E-state index in [-0.39, 0.29) is 5.92 Å². The van der Waals surface area contributed by atoms with E-state index in [0.717, 1.165) is 11.3 Å². The minimum absolute atomic E-state index is 0.0249. The van der Waals surface area contributed by atoms with E-state index in [9.17, 15) is 9.90 Å². The van der Waals surface area contributed by atoms with Crippen LogP contribution in [-0.2, 0) is 11.2 Å². The highest BCUT2D eigenvalue weighted by Crippen LogP contribution is 2.23. The van der Waals surface area contributed by atoms with Crippen molar-refractivity contribution >= 4 is 17.3 Å². The lowest BCUT2D eigenvalue weighted by atomic mass is 9.99. The predicted octanol–water partition coefficient (Wildman–Crippen LogP) is 2.00. The zero-order valence-electron chi connectivity index (χ0n) is 10.9. The van der Waals surface area contributed by atoms with Crippen molar-refractivity contribution in [3.8, 4) is 0 Å². The van der Waals surface area contributed by atoms with E-state index >= 15 is 0 Å². The highest BCUT2D eigenvalue weighted by molar-refractivity contribution is 7.09. The summed E-state index contributed by atoms with van der Waals surface area (Å²) in [5.74, 6) is -0.327. The van der Waals surface area contributed by atoms with Gasteiger partial charge in [-0.25, -0.2) is 9.48 Å². The normalized spacial score (nSPS) is 14.2. The van der Waals surface area contributed by atoms with E-state index in [1.54, 1.807) is 11.3 Å². The molecule has 0 saturated carbocycles. The standard InChI is InChI=1S/C12H16N4O2S/c1-3-8(2)11(12(17)18)16-10(13-14-15-16)7-9-5-4-6-19-9/h4-6,8,11H,3,7H2,1-2H3,(H,17,18). The van der Waals surface area contributed by atoms with Gasteiger partial charge in [-0.1, -0.05) is 26.3 Å². The van der Waals surface area contributed by atoms with Crippen molar-refractivity contribution in [1.82, 2.24) is 20.2 Å². The molecule has 102 valence electrons. The van der Waals surface area contributed by atoms with Gasteiger partial charge in [-0.05, 0) is 27.8 Å². The summed E-state index contributed by atoms with van der Waals surface area (Å²) in [4.78, 5) is 12.6. The number of thiophene rings is 1. The van der Waals surface area contributed by atoms with Gasteiger partial charge >= 0.3 is 5.97 Å². The van der Waals surface area contributed by atoms with Gasteiger partial charge in [0, 0.05) is 11.3 Å². The Hall–Kier alpha value is -1.76. The Morgan fingerprint density at radius 1 is 1.58 bits per heavy atom. The van der Waals surface area contributed by atoms with E-state index in [4.69, 9.17) is 0 Å². The molecule has 0 bridgehead atoms. The van der Waals surface area contributed by atoms with Crippen molar-refractivity contribution in [2.24, 2.45) is 5.92 Å². The second kappa shape index (κ2) is 5.92. The average Bonchev–Trinajstić information content (AvgIpc) is 3.02. The summed E-state index contributed by atoms with van der Waals surface area (Å²) in [5, 5.41) is 22.8. The molecule has 0 radical (unpaired) electrons. The smallest absolute Gasteiger partial charge is 0.328 e. The number of hydrogen-bond donors (Lipinski definition) is 1. The van der Waals surface area contributed by atoms with Gasteiger partial charge in [0.2, 0.25) is 0 Å². The molecule has 2 atom stereocenters. The number of aromatic nitrogens is 4. The molecule has 2 aromatic rings. The molecule has 2 aromatic heterocycles. The van der Waals surface area contributed by atoms with E-state index in [1.165, 1.54) is 4.68 Å². The van der Waals surface area contributed by atoms with Gasteiger partial charge in [0.15, 0.2) is 11.9 Å². The van der Waals surface area contributed by atoms with Gasteiger partial charge in [-0.2, -0.15) is 0 Å². The van der Waals surface area contributed by atoms with Crippen LogP contribution in [0.15, 0.2) is 17.5 Å². The fourth-order valence-corrected chi connectivity index (χ4v) is 2.63. The summed E-state index contributed by atoms with van der Waals surface area (Å²) in [5.41, 5.74) is 0. The molecule has 2 unspecified atom stereocenters. The minimum Gasteiger partial charge on any atom is -0.480 e. The average molecular weight is 280 g/mol. The molecule has 1 N–H and O–H groups in total. The Morgan fingerprint density at radius 2 is 2.37 bits per heavy atom. The van der Waals surface area contributed by atoms with Gasteiger partial charge in [-0.15, -0.1) is 16.4 Å². The first-order chi connectivity index (χ1) is 9.13. The molecular weight excluding hydrogens is 264 g/mol. The van der Waals surface area contributed by atoms with Crippen molar-refractivity contribution in [2.75, 3.05) is 0 Å². The molecule has 0 spiro atoms. The Bertz CT molecular complexity index is 538. The maximum atomic E-state index is 11.4. The third kappa shape index (κ3) is 2.98. The Labute approximate surface area is 115 Å². The molecule has 7 heteroatoms. The Balaban J connectivity index is 2.28. The first-order valence-electron chi connectivity index (χ1n) is 6.15.